The second kappa shape index (κ2) is 4.74. The van der Waals surface area contributed by atoms with Crippen LogP contribution in [0.15, 0.2) is 48.7 Å². The summed E-state index contributed by atoms with van der Waals surface area (Å²) in [6, 6.07) is 14.2. The molecule has 0 aliphatic heterocycles. The van der Waals surface area contributed by atoms with Crippen molar-refractivity contribution in [3.63, 3.8) is 0 Å². The van der Waals surface area contributed by atoms with Gasteiger partial charge in [-0.3, -0.25) is 0 Å². The highest BCUT2D eigenvalue weighted by Gasteiger charge is 2.04. The van der Waals surface area contributed by atoms with Gasteiger partial charge in [-0.05, 0) is 34.5 Å². The standard InChI is InChI=1S/C14H11ClN4/c15-14-17-8-12(16)13(19-14)18-11-6-5-9-3-1-2-4-10(9)7-11/h1-8H,16H2,(H,17,18,19). The van der Waals surface area contributed by atoms with E-state index in [0.29, 0.717) is 11.5 Å². The van der Waals surface area contributed by atoms with Crippen LogP contribution >= 0.6 is 11.6 Å². The number of nitrogens with one attached hydrogen (secondary N) is 1. The zero-order valence-electron chi connectivity index (χ0n) is 9.97. The normalized spacial score (nSPS) is 10.6. The van der Waals surface area contributed by atoms with Crippen LogP contribution in [0, 0.1) is 0 Å². The molecule has 2 aromatic carbocycles. The van der Waals surface area contributed by atoms with Gasteiger partial charge in [-0.25, -0.2) is 4.98 Å². The molecule has 4 nitrogen and oxygen atoms in total. The number of nitrogen functional groups attached to an aromatic ring is 1. The van der Waals surface area contributed by atoms with Crippen LogP contribution in [-0.2, 0) is 0 Å². The lowest BCUT2D eigenvalue weighted by atomic mass is 10.1. The number of rotatable bonds is 2. The predicted octanol–water partition coefficient (Wildman–Crippen LogP) is 3.61. The Kier molecular flexibility index (Phi) is 2.93. The molecule has 0 atom stereocenters. The van der Waals surface area contributed by atoms with Crippen LogP contribution in [0.1, 0.15) is 0 Å². The Balaban J connectivity index is 1.98. The minimum atomic E-state index is 0.164. The van der Waals surface area contributed by atoms with Crippen molar-refractivity contribution in [2.45, 2.75) is 0 Å². The van der Waals surface area contributed by atoms with E-state index in [1.807, 2.05) is 30.3 Å². The molecule has 3 N–H and O–H groups in total. The number of hydrogen-bond donors (Lipinski definition) is 2. The molecule has 0 unspecified atom stereocenters. The molecule has 0 saturated carbocycles. The summed E-state index contributed by atoms with van der Waals surface area (Å²) < 4.78 is 0. The van der Waals surface area contributed by atoms with Gasteiger partial charge in [0.2, 0.25) is 5.28 Å². The monoisotopic (exact) mass is 270 g/mol. The highest BCUT2D eigenvalue weighted by Crippen LogP contribution is 2.24. The number of fused-ring (bicyclic) bond motifs is 1. The van der Waals surface area contributed by atoms with Gasteiger partial charge in [-0.1, -0.05) is 30.3 Å². The highest BCUT2D eigenvalue weighted by molar-refractivity contribution is 6.28. The molecule has 0 saturated heterocycles. The van der Waals surface area contributed by atoms with Crippen LogP contribution in [0.3, 0.4) is 0 Å². The van der Waals surface area contributed by atoms with Gasteiger partial charge in [0.1, 0.15) is 0 Å². The molecule has 0 aliphatic carbocycles. The quantitative estimate of drug-likeness (QED) is 0.698. The molecule has 1 aromatic heterocycles. The Morgan fingerprint density at radius 3 is 2.68 bits per heavy atom. The van der Waals surface area contributed by atoms with Crippen molar-refractivity contribution < 1.29 is 0 Å². The molecular weight excluding hydrogens is 260 g/mol. The fourth-order valence-corrected chi connectivity index (χ4v) is 2.01. The second-order valence-electron chi connectivity index (χ2n) is 4.13. The lowest BCUT2D eigenvalue weighted by molar-refractivity contribution is 1.17. The largest absolute Gasteiger partial charge is 0.394 e. The molecular formula is C14H11ClN4. The number of nitrogens with two attached hydrogens (primary N) is 1. The SMILES string of the molecule is Nc1cnc(Cl)nc1Nc1ccc2ccccc2c1. The summed E-state index contributed by atoms with van der Waals surface area (Å²) in [7, 11) is 0. The van der Waals surface area contributed by atoms with E-state index in [-0.39, 0.29) is 5.28 Å². The summed E-state index contributed by atoms with van der Waals surface area (Å²) in [6.45, 7) is 0. The lowest BCUT2D eigenvalue weighted by Crippen LogP contribution is -2.00. The molecule has 0 amide bonds. The van der Waals surface area contributed by atoms with E-state index in [0.717, 1.165) is 11.1 Å². The van der Waals surface area contributed by atoms with Gasteiger partial charge in [0, 0.05) is 5.69 Å². The van der Waals surface area contributed by atoms with Crippen molar-refractivity contribution in [2.24, 2.45) is 0 Å². The van der Waals surface area contributed by atoms with Gasteiger partial charge in [0.25, 0.3) is 0 Å². The summed E-state index contributed by atoms with van der Waals surface area (Å²) in [6.07, 6.45) is 1.48. The Bertz CT molecular complexity index is 742. The van der Waals surface area contributed by atoms with Crippen LogP contribution in [0.25, 0.3) is 10.8 Å². The summed E-state index contributed by atoms with van der Waals surface area (Å²) in [5.74, 6) is 0.510. The zero-order chi connectivity index (χ0) is 13.2. The van der Waals surface area contributed by atoms with Gasteiger partial charge in [0.15, 0.2) is 5.82 Å². The lowest BCUT2D eigenvalue weighted by Gasteiger charge is -2.09. The van der Waals surface area contributed by atoms with Crippen molar-refractivity contribution in [1.29, 1.82) is 0 Å². The first-order valence-electron chi connectivity index (χ1n) is 5.76. The molecule has 19 heavy (non-hydrogen) atoms. The molecule has 0 spiro atoms. The number of aromatic nitrogens is 2. The summed E-state index contributed by atoms with van der Waals surface area (Å²) in [5, 5.41) is 5.64. The minimum Gasteiger partial charge on any atom is -0.394 e. The first-order chi connectivity index (χ1) is 9.22. The molecule has 3 aromatic rings. The molecule has 5 heteroatoms. The molecule has 0 fully saturated rings. The first kappa shape index (κ1) is 11.7. The van der Waals surface area contributed by atoms with Crippen LogP contribution in [0.2, 0.25) is 5.28 Å². The number of anilines is 3. The predicted molar refractivity (Wildman–Crippen MR) is 78.7 cm³/mol. The smallest absolute Gasteiger partial charge is 0.224 e. The third-order valence-electron chi connectivity index (χ3n) is 2.80. The maximum absolute atomic E-state index is 5.80. The Morgan fingerprint density at radius 2 is 1.84 bits per heavy atom. The van der Waals surface area contributed by atoms with E-state index in [9.17, 15) is 0 Å². The third-order valence-corrected chi connectivity index (χ3v) is 2.98. The van der Waals surface area contributed by atoms with E-state index < -0.39 is 0 Å². The molecule has 3 rings (SSSR count). The van der Waals surface area contributed by atoms with E-state index in [1.165, 1.54) is 11.6 Å². The van der Waals surface area contributed by atoms with Gasteiger partial charge in [0.05, 0.1) is 11.9 Å². The number of nitrogens with zero attached hydrogens (tertiary/aromatic N) is 2. The molecule has 0 radical (unpaired) electrons. The van der Waals surface area contributed by atoms with Gasteiger partial charge in [-0.15, -0.1) is 0 Å². The maximum atomic E-state index is 5.80. The topological polar surface area (TPSA) is 63.8 Å². The number of hydrogen-bond acceptors (Lipinski definition) is 4. The number of halogens is 1. The Labute approximate surface area is 115 Å². The van der Waals surface area contributed by atoms with Crippen molar-refractivity contribution in [3.8, 4) is 0 Å². The van der Waals surface area contributed by atoms with Gasteiger partial charge in [-0.2, -0.15) is 4.98 Å². The van der Waals surface area contributed by atoms with Crippen molar-refractivity contribution in [2.75, 3.05) is 11.1 Å². The van der Waals surface area contributed by atoms with E-state index in [4.69, 9.17) is 17.3 Å². The zero-order valence-corrected chi connectivity index (χ0v) is 10.7. The van der Waals surface area contributed by atoms with E-state index >= 15 is 0 Å². The first-order valence-corrected chi connectivity index (χ1v) is 6.14. The summed E-state index contributed by atoms with van der Waals surface area (Å²) in [5.41, 5.74) is 7.16. The van der Waals surface area contributed by atoms with Crippen molar-refractivity contribution in [1.82, 2.24) is 9.97 Å². The Hall–Kier alpha value is -2.33. The molecule has 94 valence electrons. The van der Waals surface area contributed by atoms with Crippen molar-refractivity contribution >= 4 is 39.6 Å². The fraction of sp³-hybridized carbons (Fsp3) is 0. The fourth-order valence-electron chi connectivity index (χ4n) is 1.87. The van der Waals surface area contributed by atoms with Gasteiger partial charge >= 0.3 is 0 Å². The highest BCUT2D eigenvalue weighted by atomic mass is 35.5. The van der Waals surface area contributed by atoms with Crippen LogP contribution in [0.5, 0.6) is 0 Å². The van der Waals surface area contributed by atoms with Crippen molar-refractivity contribution in [3.05, 3.63) is 53.9 Å². The average molecular weight is 271 g/mol. The second-order valence-corrected chi connectivity index (χ2v) is 4.47. The summed E-state index contributed by atoms with van der Waals surface area (Å²) in [4.78, 5) is 7.89. The van der Waals surface area contributed by atoms with Gasteiger partial charge < -0.3 is 11.1 Å². The van der Waals surface area contributed by atoms with E-state index in [1.54, 1.807) is 0 Å². The molecule has 0 bridgehead atoms. The van der Waals surface area contributed by atoms with Crippen LogP contribution < -0.4 is 11.1 Å². The molecule has 1 heterocycles. The maximum Gasteiger partial charge on any atom is 0.224 e. The summed E-state index contributed by atoms with van der Waals surface area (Å²) >= 11 is 5.76. The third kappa shape index (κ3) is 2.44. The molecule has 0 aliphatic rings. The van der Waals surface area contributed by atoms with Crippen LogP contribution in [-0.4, -0.2) is 9.97 Å². The average Bonchev–Trinajstić information content (AvgIpc) is 2.43. The Morgan fingerprint density at radius 1 is 1.05 bits per heavy atom. The van der Waals surface area contributed by atoms with E-state index in [2.05, 4.69) is 27.4 Å². The van der Waals surface area contributed by atoms with Crippen LogP contribution in [0.4, 0.5) is 17.2 Å². The number of benzene rings is 2. The minimum absolute atomic E-state index is 0.164.